The molecule has 0 heterocycles. The second-order valence-corrected chi connectivity index (χ2v) is 4.94. The number of carbonyl (C=O) groups excluding carboxylic acids is 1. The van der Waals surface area contributed by atoms with Crippen molar-refractivity contribution in [3.05, 3.63) is 59.1 Å². The summed E-state index contributed by atoms with van der Waals surface area (Å²) < 4.78 is 10.4. The first-order chi connectivity index (χ1) is 10.1. The van der Waals surface area contributed by atoms with Crippen molar-refractivity contribution in [3.63, 3.8) is 0 Å². The molecule has 2 N–H and O–H groups in total. The number of para-hydroxylation sites is 1. The fraction of sp³-hybridized carbons (Fsp3) is 0.188. The molecule has 0 spiro atoms. The van der Waals surface area contributed by atoms with E-state index in [2.05, 4.69) is 4.74 Å². The molecule has 0 bridgehead atoms. The predicted octanol–water partition coefficient (Wildman–Crippen LogP) is 3.18. The van der Waals surface area contributed by atoms with E-state index in [1.165, 1.54) is 7.11 Å². The van der Waals surface area contributed by atoms with Crippen molar-refractivity contribution in [3.8, 4) is 11.5 Å². The largest absolute Gasteiger partial charge is 0.468 e. The van der Waals surface area contributed by atoms with Gasteiger partial charge in [-0.2, -0.15) is 0 Å². The van der Waals surface area contributed by atoms with E-state index in [9.17, 15) is 4.79 Å². The molecule has 2 aromatic carbocycles. The van der Waals surface area contributed by atoms with Crippen LogP contribution in [-0.4, -0.2) is 19.1 Å². The lowest BCUT2D eigenvalue weighted by Crippen LogP contribution is -2.33. The van der Waals surface area contributed by atoms with Crippen molar-refractivity contribution >= 4 is 17.6 Å². The highest BCUT2D eigenvalue weighted by Crippen LogP contribution is 2.27. The fourth-order valence-electron chi connectivity index (χ4n) is 1.90. The third-order valence-corrected chi connectivity index (χ3v) is 3.18. The molecule has 0 radical (unpaired) electrons. The van der Waals surface area contributed by atoms with Gasteiger partial charge in [0.05, 0.1) is 7.11 Å². The van der Waals surface area contributed by atoms with Gasteiger partial charge >= 0.3 is 5.97 Å². The Morgan fingerprint density at radius 1 is 1.24 bits per heavy atom. The van der Waals surface area contributed by atoms with Crippen LogP contribution in [0.4, 0.5) is 0 Å². The molecule has 2 rings (SSSR count). The van der Waals surface area contributed by atoms with Crippen LogP contribution in [0.3, 0.4) is 0 Å². The molecule has 0 saturated heterocycles. The summed E-state index contributed by atoms with van der Waals surface area (Å²) in [6.45, 7) is 0. The molecule has 0 saturated carbocycles. The van der Waals surface area contributed by atoms with Crippen LogP contribution >= 0.6 is 11.6 Å². The maximum Gasteiger partial charge on any atom is 0.322 e. The maximum atomic E-state index is 11.4. The zero-order valence-corrected chi connectivity index (χ0v) is 12.3. The van der Waals surface area contributed by atoms with Crippen molar-refractivity contribution in [2.24, 2.45) is 5.73 Å². The molecule has 0 aliphatic rings. The second-order valence-electron chi connectivity index (χ2n) is 4.50. The number of halogens is 1. The van der Waals surface area contributed by atoms with Gasteiger partial charge < -0.3 is 15.2 Å². The highest BCUT2D eigenvalue weighted by Gasteiger charge is 2.16. The summed E-state index contributed by atoms with van der Waals surface area (Å²) in [4.78, 5) is 11.4. The summed E-state index contributed by atoms with van der Waals surface area (Å²) in [5.74, 6) is 0.813. The zero-order valence-electron chi connectivity index (χ0n) is 11.6. The van der Waals surface area contributed by atoms with Crippen molar-refractivity contribution in [2.45, 2.75) is 12.5 Å². The van der Waals surface area contributed by atoms with Gasteiger partial charge in [-0.1, -0.05) is 35.9 Å². The highest BCUT2D eigenvalue weighted by molar-refractivity contribution is 6.30. The standard InChI is InChI=1S/C16H16ClNO3/c1-20-16(19)14(18)9-11-5-2-3-8-15(11)21-13-7-4-6-12(17)10-13/h2-8,10,14H,9,18H2,1H3. The van der Waals surface area contributed by atoms with E-state index in [0.717, 1.165) is 5.56 Å². The summed E-state index contributed by atoms with van der Waals surface area (Å²) in [5.41, 5.74) is 6.62. The Hall–Kier alpha value is -2.04. The van der Waals surface area contributed by atoms with Gasteiger partial charge in [-0.3, -0.25) is 4.79 Å². The molecule has 0 aromatic heterocycles. The number of rotatable bonds is 5. The van der Waals surface area contributed by atoms with Crippen molar-refractivity contribution in [1.29, 1.82) is 0 Å². The van der Waals surface area contributed by atoms with E-state index in [-0.39, 0.29) is 0 Å². The van der Waals surface area contributed by atoms with E-state index in [1.54, 1.807) is 18.2 Å². The summed E-state index contributed by atoms with van der Waals surface area (Å²) >= 11 is 5.93. The average molecular weight is 306 g/mol. The van der Waals surface area contributed by atoms with Crippen LogP contribution in [0.1, 0.15) is 5.56 Å². The van der Waals surface area contributed by atoms with Gasteiger partial charge in [0.25, 0.3) is 0 Å². The Bertz CT molecular complexity index is 630. The minimum absolute atomic E-state index is 0.337. The van der Waals surface area contributed by atoms with Gasteiger partial charge in [0.2, 0.25) is 0 Å². The molecule has 1 unspecified atom stereocenters. The second kappa shape index (κ2) is 7.11. The SMILES string of the molecule is COC(=O)C(N)Cc1ccccc1Oc1cccc(Cl)c1. The van der Waals surface area contributed by atoms with Gasteiger partial charge in [0.15, 0.2) is 0 Å². The minimum atomic E-state index is -0.723. The van der Waals surface area contributed by atoms with Crippen LogP contribution in [0.25, 0.3) is 0 Å². The summed E-state index contributed by atoms with van der Waals surface area (Å²) in [5, 5.41) is 0.594. The van der Waals surface area contributed by atoms with Gasteiger partial charge in [0.1, 0.15) is 17.5 Å². The molecule has 0 amide bonds. The van der Waals surface area contributed by atoms with E-state index in [4.69, 9.17) is 22.1 Å². The summed E-state index contributed by atoms with van der Waals surface area (Å²) in [6.07, 6.45) is 0.337. The van der Waals surface area contributed by atoms with Gasteiger partial charge in [-0.25, -0.2) is 0 Å². The van der Waals surface area contributed by atoms with E-state index >= 15 is 0 Å². The van der Waals surface area contributed by atoms with Crippen LogP contribution in [0, 0.1) is 0 Å². The first-order valence-electron chi connectivity index (χ1n) is 6.45. The molecule has 1 atom stereocenters. The molecule has 2 aromatic rings. The van der Waals surface area contributed by atoms with E-state index < -0.39 is 12.0 Å². The Morgan fingerprint density at radius 2 is 2.00 bits per heavy atom. The van der Waals surface area contributed by atoms with Crippen molar-refractivity contribution in [2.75, 3.05) is 7.11 Å². The molecule has 0 aliphatic heterocycles. The first kappa shape index (κ1) is 15.4. The first-order valence-corrected chi connectivity index (χ1v) is 6.82. The lowest BCUT2D eigenvalue weighted by Gasteiger charge is -2.14. The Kier molecular flexibility index (Phi) is 5.20. The third kappa shape index (κ3) is 4.21. The van der Waals surface area contributed by atoms with Gasteiger partial charge in [0, 0.05) is 11.4 Å². The number of hydrogen-bond acceptors (Lipinski definition) is 4. The van der Waals surface area contributed by atoms with Crippen LogP contribution in [0.5, 0.6) is 11.5 Å². The number of ether oxygens (including phenoxy) is 2. The number of carbonyl (C=O) groups is 1. The van der Waals surface area contributed by atoms with Crippen LogP contribution in [-0.2, 0) is 16.0 Å². The van der Waals surface area contributed by atoms with Crippen molar-refractivity contribution in [1.82, 2.24) is 0 Å². The van der Waals surface area contributed by atoms with Crippen molar-refractivity contribution < 1.29 is 14.3 Å². The van der Waals surface area contributed by atoms with E-state index in [1.807, 2.05) is 30.3 Å². The lowest BCUT2D eigenvalue weighted by atomic mass is 10.1. The number of esters is 1. The predicted molar refractivity (Wildman–Crippen MR) is 81.7 cm³/mol. The molecular formula is C16H16ClNO3. The van der Waals surface area contributed by atoms with Crippen LogP contribution in [0.2, 0.25) is 5.02 Å². The number of methoxy groups -OCH3 is 1. The fourth-order valence-corrected chi connectivity index (χ4v) is 2.08. The molecule has 5 heteroatoms. The number of hydrogen-bond donors (Lipinski definition) is 1. The number of benzene rings is 2. The topological polar surface area (TPSA) is 61.5 Å². The molecule has 21 heavy (non-hydrogen) atoms. The van der Waals surface area contributed by atoms with Gasteiger partial charge in [-0.15, -0.1) is 0 Å². The molecule has 4 nitrogen and oxygen atoms in total. The Morgan fingerprint density at radius 3 is 2.71 bits per heavy atom. The Balaban J connectivity index is 2.19. The summed E-state index contributed by atoms with van der Waals surface area (Å²) in [6, 6.07) is 13.8. The lowest BCUT2D eigenvalue weighted by molar-refractivity contribution is -0.142. The zero-order chi connectivity index (χ0) is 15.2. The van der Waals surface area contributed by atoms with Crippen LogP contribution in [0.15, 0.2) is 48.5 Å². The minimum Gasteiger partial charge on any atom is -0.468 e. The Labute approximate surface area is 128 Å². The molecule has 110 valence electrons. The molecule has 0 aliphatic carbocycles. The third-order valence-electron chi connectivity index (χ3n) is 2.94. The molecular weight excluding hydrogens is 290 g/mol. The van der Waals surface area contributed by atoms with Crippen LogP contribution < -0.4 is 10.5 Å². The highest BCUT2D eigenvalue weighted by atomic mass is 35.5. The maximum absolute atomic E-state index is 11.4. The van der Waals surface area contributed by atoms with E-state index in [0.29, 0.717) is 22.9 Å². The quantitative estimate of drug-likeness (QED) is 0.862. The normalized spacial score (nSPS) is 11.8. The average Bonchev–Trinajstić information content (AvgIpc) is 2.48. The smallest absolute Gasteiger partial charge is 0.322 e. The summed E-state index contributed by atoms with van der Waals surface area (Å²) in [7, 11) is 1.32. The molecule has 0 fully saturated rings. The van der Waals surface area contributed by atoms with Gasteiger partial charge in [-0.05, 0) is 29.8 Å². The number of nitrogens with two attached hydrogens (primary N) is 1. The monoisotopic (exact) mass is 305 g/mol.